The van der Waals surface area contributed by atoms with Gasteiger partial charge in [-0.2, -0.15) is 0 Å². The first kappa shape index (κ1) is 8.76. The average molecular weight is 190 g/mol. The minimum Gasteiger partial charge on any atom is -0.352 e. The van der Waals surface area contributed by atoms with Gasteiger partial charge in [-0.1, -0.05) is 0 Å². The van der Waals surface area contributed by atoms with E-state index in [1.807, 2.05) is 0 Å². The van der Waals surface area contributed by atoms with Gasteiger partial charge in [0.05, 0.1) is 11.7 Å². The fourth-order valence-corrected chi connectivity index (χ4v) is 1.05. The summed E-state index contributed by atoms with van der Waals surface area (Å²) in [6.07, 6.45) is 3.30. The SMILES string of the molecule is NCCNc1nnc2cnccc2n1. The van der Waals surface area contributed by atoms with Gasteiger partial charge in [0.15, 0.2) is 0 Å². The number of aromatic nitrogens is 4. The van der Waals surface area contributed by atoms with E-state index in [0.29, 0.717) is 24.6 Å². The maximum absolute atomic E-state index is 5.34. The smallest absolute Gasteiger partial charge is 0.243 e. The molecule has 0 saturated carbocycles. The zero-order valence-electron chi connectivity index (χ0n) is 7.51. The molecule has 72 valence electrons. The average Bonchev–Trinajstić information content (AvgIpc) is 2.26. The molecule has 2 heterocycles. The summed E-state index contributed by atoms with van der Waals surface area (Å²) in [6, 6.07) is 1.79. The predicted molar refractivity (Wildman–Crippen MR) is 52.7 cm³/mol. The summed E-state index contributed by atoms with van der Waals surface area (Å²) >= 11 is 0. The van der Waals surface area contributed by atoms with Crippen molar-refractivity contribution in [1.82, 2.24) is 20.2 Å². The topological polar surface area (TPSA) is 89.6 Å². The van der Waals surface area contributed by atoms with Crippen LogP contribution in [-0.2, 0) is 0 Å². The molecule has 0 unspecified atom stereocenters. The van der Waals surface area contributed by atoms with Crippen LogP contribution in [-0.4, -0.2) is 33.3 Å². The number of rotatable bonds is 3. The lowest BCUT2D eigenvalue weighted by molar-refractivity contribution is 0.954. The van der Waals surface area contributed by atoms with Crippen molar-refractivity contribution < 1.29 is 0 Å². The van der Waals surface area contributed by atoms with Gasteiger partial charge in [-0.25, -0.2) is 4.98 Å². The van der Waals surface area contributed by atoms with E-state index in [1.165, 1.54) is 0 Å². The van der Waals surface area contributed by atoms with Crippen LogP contribution in [0.5, 0.6) is 0 Å². The van der Waals surface area contributed by atoms with E-state index in [0.717, 1.165) is 5.52 Å². The summed E-state index contributed by atoms with van der Waals surface area (Å²) in [6.45, 7) is 1.18. The van der Waals surface area contributed by atoms with Crippen molar-refractivity contribution in [2.75, 3.05) is 18.4 Å². The number of fused-ring (bicyclic) bond motifs is 1. The highest BCUT2D eigenvalue weighted by Crippen LogP contribution is 2.06. The Bertz CT molecular complexity index is 429. The Morgan fingerprint density at radius 2 is 2.21 bits per heavy atom. The Morgan fingerprint density at radius 3 is 3.07 bits per heavy atom. The van der Waals surface area contributed by atoms with Crippen molar-refractivity contribution in [3.8, 4) is 0 Å². The van der Waals surface area contributed by atoms with Crippen LogP contribution in [0.3, 0.4) is 0 Å². The van der Waals surface area contributed by atoms with Crippen LogP contribution >= 0.6 is 0 Å². The molecule has 0 fully saturated rings. The molecule has 2 rings (SSSR count). The lowest BCUT2D eigenvalue weighted by atomic mass is 10.4. The molecule has 0 atom stereocenters. The molecule has 0 aliphatic heterocycles. The van der Waals surface area contributed by atoms with Crippen molar-refractivity contribution in [3.63, 3.8) is 0 Å². The maximum Gasteiger partial charge on any atom is 0.243 e. The van der Waals surface area contributed by atoms with Crippen LogP contribution < -0.4 is 11.1 Å². The molecule has 0 aliphatic rings. The number of hydrogen-bond acceptors (Lipinski definition) is 6. The molecule has 6 heteroatoms. The zero-order valence-corrected chi connectivity index (χ0v) is 7.51. The molecule has 0 aliphatic carbocycles. The molecule has 2 aromatic rings. The van der Waals surface area contributed by atoms with E-state index in [9.17, 15) is 0 Å². The number of hydrogen-bond donors (Lipinski definition) is 2. The molecule has 0 saturated heterocycles. The van der Waals surface area contributed by atoms with E-state index >= 15 is 0 Å². The van der Waals surface area contributed by atoms with E-state index in [2.05, 4.69) is 25.5 Å². The molecular weight excluding hydrogens is 180 g/mol. The number of nitrogens with zero attached hydrogens (tertiary/aromatic N) is 4. The van der Waals surface area contributed by atoms with E-state index in [1.54, 1.807) is 18.5 Å². The van der Waals surface area contributed by atoms with Gasteiger partial charge < -0.3 is 11.1 Å². The third kappa shape index (κ3) is 1.74. The first-order valence-electron chi connectivity index (χ1n) is 4.28. The number of pyridine rings is 1. The Hall–Kier alpha value is -1.82. The number of anilines is 1. The van der Waals surface area contributed by atoms with Gasteiger partial charge in [0.25, 0.3) is 0 Å². The minimum atomic E-state index is 0.495. The summed E-state index contributed by atoms with van der Waals surface area (Å²) in [5.41, 5.74) is 6.80. The lowest BCUT2D eigenvalue weighted by Crippen LogP contribution is -2.15. The van der Waals surface area contributed by atoms with Crippen molar-refractivity contribution in [3.05, 3.63) is 18.5 Å². The van der Waals surface area contributed by atoms with Crippen LogP contribution in [0.4, 0.5) is 5.95 Å². The third-order valence-electron chi connectivity index (χ3n) is 1.68. The molecule has 0 spiro atoms. The first-order valence-corrected chi connectivity index (χ1v) is 4.28. The van der Waals surface area contributed by atoms with Gasteiger partial charge in [-0.15, -0.1) is 10.2 Å². The normalized spacial score (nSPS) is 10.4. The van der Waals surface area contributed by atoms with Gasteiger partial charge in [-0.05, 0) is 6.07 Å². The fraction of sp³-hybridized carbons (Fsp3) is 0.250. The quantitative estimate of drug-likeness (QED) is 0.696. The highest BCUT2D eigenvalue weighted by molar-refractivity contribution is 5.72. The van der Waals surface area contributed by atoms with Crippen LogP contribution in [0.25, 0.3) is 11.0 Å². The largest absolute Gasteiger partial charge is 0.352 e. The molecule has 14 heavy (non-hydrogen) atoms. The monoisotopic (exact) mass is 190 g/mol. The highest BCUT2D eigenvalue weighted by atomic mass is 15.2. The summed E-state index contributed by atoms with van der Waals surface area (Å²) in [7, 11) is 0. The van der Waals surface area contributed by atoms with Gasteiger partial charge in [0.1, 0.15) is 5.52 Å². The molecule has 3 N–H and O–H groups in total. The Balaban J connectivity index is 2.32. The van der Waals surface area contributed by atoms with Crippen LogP contribution in [0.2, 0.25) is 0 Å². The molecule has 0 bridgehead atoms. The van der Waals surface area contributed by atoms with E-state index in [-0.39, 0.29) is 0 Å². The molecule has 0 aromatic carbocycles. The Labute approximate surface area is 80.6 Å². The minimum absolute atomic E-state index is 0.495. The highest BCUT2D eigenvalue weighted by Gasteiger charge is 1.99. The summed E-state index contributed by atoms with van der Waals surface area (Å²) in [5.74, 6) is 0.495. The summed E-state index contributed by atoms with van der Waals surface area (Å²) < 4.78 is 0. The van der Waals surface area contributed by atoms with Crippen molar-refractivity contribution in [1.29, 1.82) is 0 Å². The Kier molecular flexibility index (Phi) is 2.46. The predicted octanol–water partition coefficient (Wildman–Crippen LogP) is -0.210. The molecule has 2 aromatic heterocycles. The van der Waals surface area contributed by atoms with Crippen LogP contribution in [0.1, 0.15) is 0 Å². The summed E-state index contributed by atoms with van der Waals surface area (Å²) in [5, 5.41) is 10.8. The van der Waals surface area contributed by atoms with Gasteiger partial charge >= 0.3 is 0 Å². The maximum atomic E-state index is 5.34. The van der Waals surface area contributed by atoms with Gasteiger partial charge in [0.2, 0.25) is 5.95 Å². The second-order valence-corrected chi connectivity index (χ2v) is 2.72. The zero-order chi connectivity index (χ0) is 9.80. The molecule has 6 nitrogen and oxygen atoms in total. The fourth-order valence-electron chi connectivity index (χ4n) is 1.05. The standard InChI is InChI=1S/C8H10N6/c9-2-4-11-8-12-6-1-3-10-5-7(6)13-14-8/h1,3,5H,2,4,9H2,(H,11,12,14). The van der Waals surface area contributed by atoms with Crippen molar-refractivity contribution >= 4 is 17.0 Å². The van der Waals surface area contributed by atoms with Crippen LogP contribution in [0, 0.1) is 0 Å². The van der Waals surface area contributed by atoms with Gasteiger partial charge in [0, 0.05) is 19.3 Å². The molecule has 0 radical (unpaired) electrons. The van der Waals surface area contributed by atoms with E-state index in [4.69, 9.17) is 5.73 Å². The molecular formula is C8H10N6. The third-order valence-corrected chi connectivity index (χ3v) is 1.68. The lowest BCUT2D eigenvalue weighted by Gasteiger charge is -2.01. The van der Waals surface area contributed by atoms with Crippen LogP contribution in [0.15, 0.2) is 18.5 Å². The second-order valence-electron chi connectivity index (χ2n) is 2.72. The number of nitrogens with two attached hydrogens (primary N) is 1. The Morgan fingerprint density at radius 1 is 1.29 bits per heavy atom. The first-order chi connectivity index (χ1) is 6.90. The van der Waals surface area contributed by atoms with E-state index < -0.39 is 0 Å². The molecule has 0 amide bonds. The number of nitrogens with one attached hydrogen (secondary N) is 1. The van der Waals surface area contributed by atoms with Gasteiger partial charge in [-0.3, -0.25) is 4.98 Å². The second kappa shape index (κ2) is 3.93. The van der Waals surface area contributed by atoms with Crippen molar-refractivity contribution in [2.24, 2.45) is 5.73 Å². The summed E-state index contributed by atoms with van der Waals surface area (Å²) in [4.78, 5) is 8.15. The van der Waals surface area contributed by atoms with Crippen molar-refractivity contribution in [2.45, 2.75) is 0 Å².